The molecule has 1 rings (SSSR count). The Kier molecular flexibility index (Phi) is 6.03. The van der Waals surface area contributed by atoms with Gasteiger partial charge in [-0.25, -0.2) is 4.79 Å². The number of Topliss-reactive ketones (excluding diaryl/α,β-unsaturated/α-hetero) is 1. The Bertz CT molecular complexity index is 346. The van der Waals surface area contributed by atoms with Crippen LogP contribution in [0.5, 0.6) is 0 Å². The van der Waals surface area contributed by atoms with E-state index in [0.29, 0.717) is 12.2 Å². The number of hydrogen-bond donors (Lipinski definition) is 0. The van der Waals surface area contributed by atoms with Crippen molar-refractivity contribution >= 4 is 11.9 Å². The lowest BCUT2D eigenvalue weighted by atomic mass is 9.95. The van der Waals surface area contributed by atoms with Crippen molar-refractivity contribution in [3.8, 4) is 0 Å². The Hall–Kier alpha value is -1.06. The van der Waals surface area contributed by atoms with Crippen LogP contribution in [0.4, 0.5) is 4.79 Å². The summed E-state index contributed by atoms with van der Waals surface area (Å²) in [5.41, 5.74) is -0.449. The molecule has 116 valence electrons. The van der Waals surface area contributed by atoms with Crippen LogP contribution < -0.4 is 0 Å². The number of carbonyl (C=O) groups is 2. The fraction of sp³-hybridized carbons (Fsp3) is 0.875. The summed E-state index contributed by atoms with van der Waals surface area (Å²) in [6.07, 6.45) is 4.19. The van der Waals surface area contributed by atoms with Crippen molar-refractivity contribution in [3.05, 3.63) is 0 Å². The molecule has 1 aliphatic heterocycles. The summed E-state index contributed by atoms with van der Waals surface area (Å²) in [6.45, 7) is 10.3. The van der Waals surface area contributed by atoms with Crippen LogP contribution in [0.2, 0.25) is 0 Å². The van der Waals surface area contributed by atoms with Gasteiger partial charge in [-0.3, -0.25) is 4.79 Å². The highest BCUT2D eigenvalue weighted by atomic mass is 16.6. The van der Waals surface area contributed by atoms with Crippen molar-refractivity contribution in [2.75, 3.05) is 6.54 Å². The van der Waals surface area contributed by atoms with Gasteiger partial charge < -0.3 is 9.64 Å². The predicted octanol–water partition coefficient (Wildman–Crippen LogP) is 3.78. The number of hydrogen-bond acceptors (Lipinski definition) is 3. The fourth-order valence-electron chi connectivity index (χ4n) is 2.65. The van der Waals surface area contributed by atoms with Gasteiger partial charge in [-0.15, -0.1) is 0 Å². The van der Waals surface area contributed by atoms with E-state index in [1.807, 2.05) is 39.5 Å². The first-order chi connectivity index (χ1) is 9.24. The number of likely N-dealkylation sites (tertiary alicyclic amines) is 1. The van der Waals surface area contributed by atoms with E-state index in [-0.39, 0.29) is 18.1 Å². The lowest BCUT2D eigenvalue weighted by molar-refractivity contribution is -0.122. The number of carbonyl (C=O) groups excluding carboxylic acids is 2. The van der Waals surface area contributed by atoms with Gasteiger partial charge in [0.1, 0.15) is 11.4 Å². The Balaban J connectivity index is 2.49. The molecule has 0 spiro atoms. The summed E-state index contributed by atoms with van der Waals surface area (Å²) in [4.78, 5) is 25.6. The average Bonchev–Trinajstić information content (AvgIpc) is 2.81. The first-order valence-corrected chi connectivity index (χ1v) is 7.77. The van der Waals surface area contributed by atoms with E-state index < -0.39 is 5.60 Å². The first-order valence-electron chi connectivity index (χ1n) is 7.77. The molecule has 4 heteroatoms. The SMILES string of the molecule is CCC(=O)C(C)CC[C@@H]1CCCN1C(=O)OC(C)(C)C. The Labute approximate surface area is 122 Å². The molecule has 0 bridgehead atoms. The van der Waals surface area contributed by atoms with Crippen molar-refractivity contribution in [2.45, 2.75) is 78.4 Å². The molecule has 1 heterocycles. The second-order valence-corrected chi connectivity index (χ2v) is 6.77. The molecule has 0 radical (unpaired) electrons. The van der Waals surface area contributed by atoms with E-state index in [1.54, 1.807) is 0 Å². The summed E-state index contributed by atoms with van der Waals surface area (Å²) in [7, 11) is 0. The average molecular weight is 283 g/mol. The van der Waals surface area contributed by atoms with Crippen LogP contribution in [0.1, 0.15) is 66.7 Å². The third kappa shape index (κ3) is 5.14. The molecule has 1 amide bonds. The van der Waals surface area contributed by atoms with E-state index >= 15 is 0 Å². The number of ketones is 1. The maximum atomic E-state index is 12.1. The lowest BCUT2D eigenvalue weighted by Crippen LogP contribution is -2.40. The van der Waals surface area contributed by atoms with E-state index in [2.05, 4.69) is 0 Å². The Morgan fingerprint density at radius 1 is 1.35 bits per heavy atom. The standard InChI is InChI=1S/C16H29NO3/c1-6-14(18)12(2)9-10-13-8-7-11-17(13)15(19)20-16(3,4)5/h12-13H,6-11H2,1-5H3/t12?,13-/m0/s1. The minimum Gasteiger partial charge on any atom is -0.444 e. The molecule has 0 aromatic carbocycles. The second kappa shape index (κ2) is 7.09. The summed E-state index contributed by atoms with van der Waals surface area (Å²) in [5, 5.41) is 0. The van der Waals surface area contributed by atoms with Gasteiger partial charge in [0.2, 0.25) is 0 Å². The molecule has 0 N–H and O–H groups in total. The molecular weight excluding hydrogens is 254 g/mol. The summed E-state index contributed by atoms with van der Waals surface area (Å²) in [5.74, 6) is 0.410. The molecule has 20 heavy (non-hydrogen) atoms. The van der Waals surface area contributed by atoms with E-state index in [0.717, 1.165) is 32.2 Å². The Morgan fingerprint density at radius 3 is 2.55 bits per heavy atom. The van der Waals surface area contributed by atoms with Gasteiger partial charge in [-0.2, -0.15) is 0 Å². The highest BCUT2D eigenvalue weighted by Gasteiger charge is 2.32. The predicted molar refractivity (Wildman–Crippen MR) is 79.7 cm³/mol. The maximum absolute atomic E-state index is 12.1. The van der Waals surface area contributed by atoms with Gasteiger partial charge in [0.15, 0.2) is 0 Å². The normalized spacial score (nSPS) is 20.9. The zero-order valence-electron chi connectivity index (χ0n) is 13.6. The third-order valence-corrected chi connectivity index (χ3v) is 3.84. The zero-order chi connectivity index (χ0) is 15.3. The van der Waals surface area contributed by atoms with Crippen molar-refractivity contribution < 1.29 is 14.3 Å². The number of nitrogens with zero attached hydrogens (tertiary/aromatic N) is 1. The highest BCUT2D eigenvalue weighted by Crippen LogP contribution is 2.25. The van der Waals surface area contributed by atoms with E-state index in [4.69, 9.17) is 4.74 Å². The smallest absolute Gasteiger partial charge is 0.410 e. The second-order valence-electron chi connectivity index (χ2n) is 6.77. The highest BCUT2D eigenvalue weighted by molar-refractivity contribution is 5.80. The zero-order valence-corrected chi connectivity index (χ0v) is 13.6. The Morgan fingerprint density at radius 2 is 2.00 bits per heavy atom. The minimum atomic E-state index is -0.449. The largest absolute Gasteiger partial charge is 0.444 e. The molecule has 0 aromatic rings. The van der Waals surface area contributed by atoms with Crippen molar-refractivity contribution in [1.82, 2.24) is 4.90 Å². The molecule has 0 aromatic heterocycles. The van der Waals surface area contributed by atoms with Crippen LogP contribution in [-0.4, -0.2) is 35.0 Å². The molecule has 1 saturated heterocycles. The summed E-state index contributed by atoms with van der Waals surface area (Å²) in [6, 6.07) is 0.233. The molecule has 4 nitrogen and oxygen atoms in total. The van der Waals surface area contributed by atoms with E-state index in [1.165, 1.54) is 0 Å². The van der Waals surface area contributed by atoms with E-state index in [9.17, 15) is 9.59 Å². The minimum absolute atomic E-state index is 0.0982. The topological polar surface area (TPSA) is 46.6 Å². The molecular formula is C16H29NO3. The van der Waals surface area contributed by atoms with Gasteiger partial charge in [0, 0.05) is 24.9 Å². The van der Waals surface area contributed by atoms with Gasteiger partial charge in [-0.1, -0.05) is 13.8 Å². The first kappa shape index (κ1) is 17.0. The molecule has 2 atom stereocenters. The molecule has 1 aliphatic rings. The molecule has 1 fully saturated rings. The monoisotopic (exact) mass is 283 g/mol. The molecule has 0 aliphatic carbocycles. The fourth-order valence-corrected chi connectivity index (χ4v) is 2.65. The van der Waals surface area contributed by atoms with Crippen LogP contribution in [0.3, 0.4) is 0 Å². The van der Waals surface area contributed by atoms with Crippen LogP contribution in [0, 0.1) is 5.92 Å². The van der Waals surface area contributed by atoms with Crippen molar-refractivity contribution in [1.29, 1.82) is 0 Å². The maximum Gasteiger partial charge on any atom is 0.410 e. The van der Waals surface area contributed by atoms with Crippen molar-refractivity contribution in [2.24, 2.45) is 5.92 Å². The van der Waals surface area contributed by atoms with Crippen molar-refractivity contribution in [3.63, 3.8) is 0 Å². The van der Waals surface area contributed by atoms with Gasteiger partial charge >= 0.3 is 6.09 Å². The number of amides is 1. The van der Waals surface area contributed by atoms with Gasteiger partial charge in [0.05, 0.1) is 0 Å². The van der Waals surface area contributed by atoms with Crippen LogP contribution in [0.15, 0.2) is 0 Å². The van der Waals surface area contributed by atoms with Crippen LogP contribution in [-0.2, 0) is 9.53 Å². The number of rotatable bonds is 5. The number of ether oxygens (including phenoxy) is 1. The molecule has 1 unspecified atom stereocenters. The lowest BCUT2D eigenvalue weighted by Gasteiger charge is -2.29. The summed E-state index contributed by atoms with van der Waals surface area (Å²) >= 11 is 0. The van der Waals surface area contributed by atoms with Crippen LogP contribution in [0.25, 0.3) is 0 Å². The van der Waals surface area contributed by atoms with Gasteiger partial charge in [0.25, 0.3) is 0 Å². The summed E-state index contributed by atoms with van der Waals surface area (Å²) < 4.78 is 5.45. The quantitative estimate of drug-likeness (QED) is 0.771. The van der Waals surface area contributed by atoms with Gasteiger partial charge in [-0.05, 0) is 46.5 Å². The van der Waals surface area contributed by atoms with Crippen LogP contribution >= 0.6 is 0 Å². The third-order valence-electron chi connectivity index (χ3n) is 3.84. The molecule has 0 saturated carbocycles.